The Morgan fingerprint density at radius 3 is 2.95 bits per heavy atom. The van der Waals surface area contributed by atoms with Crippen molar-refractivity contribution in [2.24, 2.45) is 0 Å². The summed E-state index contributed by atoms with van der Waals surface area (Å²) >= 11 is 0. The van der Waals surface area contributed by atoms with Gasteiger partial charge in [-0.15, -0.1) is 10.2 Å². The topological polar surface area (TPSA) is 54.2 Å². The van der Waals surface area contributed by atoms with Crippen LogP contribution in [-0.2, 0) is 13.0 Å². The van der Waals surface area contributed by atoms with Crippen molar-refractivity contribution in [2.75, 3.05) is 19.6 Å². The molecule has 1 saturated heterocycles. The minimum absolute atomic E-state index is 0.195. The van der Waals surface area contributed by atoms with Crippen molar-refractivity contribution in [1.82, 2.24) is 19.7 Å². The molecule has 21 heavy (non-hydrogen) atoms. The quantitative estimate of drug-likeness (QED) is 0.921. The van der Waals surface area contributed by atoms with Crippen molar-refractivity contribution in [3.8, 4) is 0 Å². The highest BCUT2D eigenvalue weighted by atomic mass is 16.3. The van der Waals surface area contributed by atoms with E-state index in [1.165, 1.54) is 43.8 Å². The Morgan fingerprint density at radius 2 is 2.10 bits per heavy atom. The van der Waals surface area contributed by atoms with E-state index in [0.717, 1.165) is 39.0 Å². The average molecular weight is 292 g/mol. The number of fused-ring (bicyclic) bond motifs is 1. The summed E-state index contributed by atoms with van der Waals surface area (Å²) in [6.45, 7) is 6.06. The lowest BCUT2D eigenvalue weighted by molar-refractivity contribution is 0.0913. The molecule has 118 valence electrons. The van der Waals surface area contributed by atoms with Gasteiger partial charge in [-0.05, 0) is 38.6 Å². The monoisotopic (exact) mass is 292 g/mol. The fraction of sp³-hybridized carbons (Fsp3) is 0.875. The number of likely N-dealkylation sites (tertiary alicyclic amines) is 1. The van der Waals surface area contributed by atoms with Crippen molar-refractivity contribution in [2.45, 2.75) is 70.4 Å². The van der Waals surface area contributed by atoms with Gasteiger partial charge in [0.05, 0.1) is 6.10 Å². The molecule has 0 spiro atoms. The highest BCUT2D eigenvalue weighted by Gasteiger charge is 2.27. The van der Waals surface area contributed by atoms with Crippen molar-refractivity contribution in [3.05, 3.63) is 11.6 Å². The number of aromatic nitrogens is 3. The van der Waals surface area contributed by atoms with Gasteiger partial charge in [0, 0.05) is 32.0 Å². The number of rotatable bonds is 4. The van der Waals surface area contributed by atoms with Crippen LogP contribution in [0.4, 0.5) is 0 Å². The highest BCUT2D eigenvalue weighted by Crippen LogP contribution is 2.28. The average Bonchev–Trinajstić information content (AvgIpc) is 2.76. The number of β-amino-alcohol motifs (C(OH)–C–C–N with tert-alkyl or cyclic N) is 1. The third-order valence-electron chi connectivity index (χ3n) is 4.95. The molecule has 1 aromatic heterocycles. The van der Waals surface area contributed by atoms with E-state index in [4.69, 9.17) is 0 Å². The number of hydrogen-bond donors (Lipinski definition) is 1. The maximum Gasteiger partial charge on any atom is 0.137 e. The van der Waals surface area contributed by atoms with E-state index >= 15 is 0 Å². The number of aliphatic hydroxyl groups excluding tert-OH is 1. The van der Waals surface area contributed by atoms with Crippen molar-refractivity contribution in [1.29, 1.82) is 0 Å². The molecule has 0 radical (unpaired) electrons. The van der Waals surface area contributed by atoms with Crippen molar-refractivity contribution in [3.63, 3.8) is 0 Å². The third kappa shape index (κ3) is 3.46. The van der Waals surface area contributed by atoms with Crippen LogP contribution in [0.2, 0.25) is 0 Å². The van der Waals surface area contributed by atoms with Crippen LogP contribution in [0.15, 0.2) is 0 Å². The smallest absolute Gasteiger partial charge is 0.137 e. The molecule has 0 aliphatic carbocycles. The highest BCUT2D eigenvalue weighted by molar-refractivity contribution is 5.05. The fourth-order valence-corrected chi connectivity index (χ4v) is 3.67. The Bertz CT molecular complexity index is 459. The van der Waals surface area contributed by atoms with Gasteiger partial charge in [0.2, 0.25) is 0 Å². The fourth-order valence-electron chi connectivity index (χ4n) is 3.67. The normalized spacial score (nSPS) is 25.3. The number of nitrogens with zero attached hydrogens (tertiary/aromatic N) is 4. The van der Waals surface area contributed by atoms with E-state index in [9.17, 15) is 5.11 Å². The van der Waals surface area contributed by atoms with E-state index in [2.05, 4.69) is 19.7 Å². The zero-order valence-corrected chi connectivity index (χ0v) is 13.2. The molecule has 2 aliphatic heterocycles. The largest absolute Gasteiger partial charge is 0.392 e. The summed E-state index contributed by atoms with van der Waals surface area (Å²) in [4.78, 5) is 2.40. The molecular formula is C16H28N4O. The molecule has 1 aromatic rings. The van der Waals surface area contributed by atoms with Gasteiger partial charge in [-0.2, -0.15) is 0 Å². The SMILES string of the molecule is CCC(O)CN1CCCC(c2nnc3n2CCCCC3)C1. The van der Waals surface area contributed by atoms with Gasteiger partial charge in [-0.25, -0.2) is 0 Å². The first-order valence-corrected chi connectivity index (χ1v) is 8.60. The van der Waals surface area contributed by atoms with Gasteiger partial charge in [0.25, 0.3) is 0 Å². The molecule has 5 heteroatoms. The first kappa shape index (κ1) is 15.0. The van der Waals surface area contributed by atoms with Gasteiger partial charge in [0.15, 0.2) is 0 Å². The van der Waals surface area contributed by atoms with E-state index in [0.29, 0.717) is 5.92 Å². The Morgan fingerprint density at radius 1 is 1.19 bits per heavy atom. The van der Waals surface area contributed by atoms with Crippen LogP contribution in [0.1, 0.15) is 63.0 Å². The minimum atomic E-state index is -0.195. The van der Waals surface area contributed by atoms with Crippen LogP contribution in [-0.4, -0.2) is 50.5 Å². The second-order valence-corrected chi connectivity index (χ2v) is 6.60. The van der Waals surface area contributed by atoms with Gasteiger partial charge >= 0.3 is 0 Å². The second-order valence-electron chi connectivity index (χ2n) is 6.60. The zero-order valence-electron chi connectivity index (χ0n) is 13.2. The number of piperidine rings is 1. The summed E-state index contributed by atoms with van der Waals surface area (Å²) < 4.78 is 2.39. The molecule has 0 aromatic carbocycles. The molecule has 5 nitrogen and oxygen atoms in total. The van der Waals surface area contributed by atoms with E-state index in [-0.39, 0.29) is 6.10 Å². The summed E-state index contributed by atoms with van der Waals surface area (Å²) in [5, 5.41) is 18.8. The van der Waals surface area contributed by atoms with Crippen LogP contribution in [0.3, 0.4) is 0 Å². The van der Waals surface area contributed by atoms with E-state index < -0.39 is 0 Å². The van der Waals surface area contributed by atoms with Crippen LogP contribution in [0.5, 0.6) is 0 Å². The second kappa shape index (κ2) is 6.88. The van der Waals surface area contributed by atoms with Crippen LogP contribution in [0, 0.1) is 0 Å². The Balaban J connectivity index is 1.70. The van der Waals surface area contributed by atoms with Crippen LogP contribution >= 0.6 is 0 Å². The molecule has 2 unspecified atom stereocenters. The molecular weight excluding hydrogens is 264 g/mol. The Kier molecular flexibility index (Phi) is 4.91. The number of aryl methyl sites for hydroxylation is 1. The maximum atomic E-state index is 9.88. The molecule has 0 saturated carbocycles. The molecule has 1 fully saturated rings. The van der Waals surface area contributed by atoms with E-state index in [1.807, 2.05) is 6.92 Å². The Labute approximate surface area is 127 Å². The zero-order chi connectivity index (χ0) is 14.7. The van der Waals surface area contributed by atoms with Crippen molar-refractivity contribution >= 4 is 0 Å². The number of aliphatic hydroxyl groups is 1. The maximum absolute atomic E-state index is 9.88. The summed E-state index contributed by atoms with van der Waals surface area (Å²) in [5.74, 6) is 2.87. The molecule has 3 rings (SSSR count). The van der Waals surface area contributed by atoms with Gasteiger partial charge < -0.3 is 14.6 Å². The van der Waals surface area contributed by atoms with Gasteiger partial charge in [-0.1, -0.05) is 13.3 Å². The lowest BCUT2D eigenvalue weighted by atomic mass is 9.96. The van der Waals surface area contributed by atoms with Gasteiger partial charge in [-0.3, -0.25) is 0 Å². The molecule has 3 heterocycles. The van der Waals surface area contributed by atoms with Gasteiger partial charge in [0.1, 0.15) is 11.6 Å². The molecule has 0 bridgehead atoms. The van der Waals surface area contributed by atoms with Crippen LogP contribution < -0.4 is 0 Å². The number of hydrogen-bond acceptors (Lipinski definition) is 4. The predicted molar refractivity (Wildman–Crippen MR) is 82.3 cm³/mol. The molecule has 1 N–H and O–H groups in total. The lowest BCUT2D eigenvalue weighted by Crippen LogP contribution is -2.40. The molecule has 0 amide bonds. The van der Waals surface area contributed by atoms with Crippen molar-refractivity contribution < 1.29 is 5.11 Å². The molecule has 2 aliphatic rings. The standard InChI is InChI=1S/C16H28N4O/c1-2-14(21)12-19-9-6-7-13(11-19)16-18-17-15-8-4-3-5-10-20(15)16/h13-14,21H,2-12H2,1H3. The lowest BCUT2D eigenvalue weighted by Gasteiger charge is -2.33. The van der Waals surface area contributed by atoms with Crippen LogP contribution in [0.25, 0.3) is 0 Å². The summed E-state index contributed by atoms with van der Waals surface area (Å²) in [7, 11) is 0. The first-order chi connectivity index (χ1) is 10.3. The summed E-state index contributed by atoms with van der Waals surface area (Å²) in [6.07, 6.45) is 7.93. The van der Waals surface area contributed by atoms with E-state index in [1.54, 1.807) is 0 Å². The summed E-state index contributed by atoms with van der Waals surface area (Å²) in [6, 6.07) is 0. The predicted octanol–water partition coefficient (Wildman–Crippen LogP) is 1.95. The molecule has 2 atom stereocenters. The minimum Gasteiger partial charge on any atom is -0.392 e. The third-order valence-corrected chi connectivity index (χ3v) is 4.95. The summed E-state index contributed by atoms with van der Waals surface area (Å²) in [5.41, 5.74) is 0. The Hall–Kier alpha value is -0.940. The first-order valence-electron chi connectivity index (χ1n) is 8.60.